The van der Waals surface area contributed by atoms with E-state index in [4.69, 9.17) is 9.47 Å². The molecule has 11 heteroatoms. The van der Waals surface area contributed by atoms with Crippen molar-refractivity contribution in [2.24, 2.45) is 5.10 Å². The van der Waals surface area contributed by atoms with Crippen LogP contribution >= 0.6 is 0 Å². The lowest BCUT2D eigenvalue weighted by Gasteiger charge is -2.09. The maximum Gasteiger partial charge on any atom is 0.374 e. The van der Waals surface area contributed by atoms with Gasteiger partial charge in [-0.15, -0.1) is 0 Å². The van der Waals surface area contributed by atoms with Gasteiger partial charge >= 0.3 is 11.7 Å². The largest absolute Gasteiger partial charge is 0.490 e. The van der Waals surface area contributed by atoms with Crippen LogP contribution in [0.4, 0.5) is 17.1 Å². The number of benzene rings is 2. The van der Waals surface area contributed by atoms with Gasteiger partial charge in [0.25, 0.3) is 5.69 Å². The fraction of sp³-hybridized carbons (Fsp3) is 0.111. The zero-order valence-electron chi connectivity index (χ0n) is 15.0. The molecular formula is C18H14N4O7. The molecule has 1 heterocycles. The second-order valence-electron chi connectivity index (χ2n) is 5.74. The number of nitrogens with one attached hydrogen (secondary N) is 1. The average molecular weight is 398 g/mol. The number of nitro benzene ring substituents is 2. The molecule has 0 atom stereocenters. The van der Waals surface area contributed by atoms with Crippen LogP contribution in [0, 0.1) is 20.2 Å². The Bertz CT molecular complexity index is 1050. The van der Waals surface area contributed by atoms with Crippen molar-refractivity contribution in [3.8, 4) is 0 Å². The summed E-state index contributed by atoms with van der Waals surface area (Å²) in [5, 5.41) is 26.4. The predicted octanol–water partition coefficient (Wildman–Crippen LogP) is 2.78. The highest BCUT2D eigenvalue weighted by atomic mass is 16.6. The minimum atomic E-state index is -0.755. The van der Waals surface area contributed by atoms with Gasteiger partial charge in [-0.3, -0.25) is 25.7 Å². The summed E-state index contributed by atoms with van der Waals surface area (Å²) in [7, 11) is 1.32. The molecule has 29 heavy (non-hydrogen) atoms. The van der Waals surface area contributed by atoms with Crippen molar-refractivity contribution < 1.29 is 24.1 Å². The Hall–Kier alpha value is -4.28. The number of hydrazone groups is 1. The van der Waals surface area contributed by atoms with Gasteiger partial charge in [0.1, 0.15) is 18.0 Å². The molecule has 0 aromatic heterocycles. The number of non-ortho nitro benzene ring substituents is 1. The van der Waals surface area contributed by atoms with Crippen LogP contribution in [0.5, 0.6) is 0 Å². The summed E-state index contributed by atoms with van der Waals surface area (Å²) < 4.78 is 10.1. The summed E-state index contributed by atoms with van der Waals surface area (Å²) in [5.41, 5.74) is 2.81. The monoisotopic (exact) mass is 398 g/mol. The lowest BCUT2D eigenvalue weighted by atomic mass is 10.0. The molecule has 148 valence electrons. The van der Waals surface area contributed by atoms with E-state index in [-0.39, 0.29) is 23.8 Å². The molecule has 0 spiro atoms. The van der Waals surface area contributed by atoms with Crippen LogP contribution in [-0.2, 0) is 14.3 Å². The maximum absolute atomic E-state index is 11.8. The smallest absolute Gasteiger partial charge is 0.374 e. The van der Waals surface area contributed by atoms with E-state index in [1.54, 1.807) is 30.3 Å². The minimum Gasteiger partial charge on any atom is -0.490 e. The highest BCUT2D eigenvalue weighted by Crippen LogP contribution is 2.29. The van der Waals surface area contributed by atoms with E-state index in [1.807, 2.05) is 0 Å². The average Bonchev–Trinajstić information content (AvgIpc) is 3.09. The second-order valence-corrected chi connectivity index (χ2v) is 5.74. The van der Waals surface area contributed by atoms with Gasteiger partial charge in [0.15, 0.2) is 0 Å². The molecule has 0 bridgehead atoms. The summed E-state index contributed by atoms with van der Waals surface area (Å²) in [5.74, 6) is -0.667. The number of hydrogen-bond acceptors (Lipinski definition) is 9. The van der Waals surface area contributed by atoms with E-state index < -0.39 is 27.2 Å². The first-order valence-electron chi connectivity index (χ1n) is 8.19. The van der Waals surface area contributed by atoms with Crippen LogP contribution < -0.4 is 5.43 Å². The Morgan fingerprint density at radius 3 is 2.48 bits per heavy atom. The van der Waals surface area contributed by atoms with Crippen LogP contribution in [-0.4, -0.2) is 35.2 Å². The molecule has 0 unspecified atom stereocenters. The molecule has 2 aromatic carbocycles. The van der Waals surface area contributed by atoms with E-state index in [0.29, 0.717) is 11.1 Å². The molecule has 3 rings (SSSR count). The number of carbonyl (C=O) groups excluding carboxylic acids is 1. The van der Waals surface area contributed by atoms with Gasteiger partial charge in [0, 0.05) is 11.6 Å². The number of nitrogens with zero attached hydrogens (tertiary/aromatic N) is 3. The number of methoxy groups -OCH3 is 1. The van der Waals surface area contributed by atoms with E-state index >= 15 is 0 Å². The Kier molecular flexibility index (Phi) is 5.49. The third kappa shape index (κ3) is 4.03. The Morgan fingerprint density at radius 2 is 1.86 bits per heavy atom. The Balaban J connectivity index is 2.07. The molecule has 2 aromatic rings. The quantitative estimate of drug-likeness (QED) is 0.324. The molecule has 0 fully saturated rings. The molecule has 0 radical (unpaired) electrons. The van der Waals surface area contributed by atoms with Crippen molar-refractivity contribution in [2.75, 3.05) is 19.1 Å². The number of carbonyl (C=O) groups is 1. The minimum absolute atomic E-state index is 0.0207. The SMILES string of the molecule is COC1=C(C(=NNc2ccc([N+](=O)[O-])cc2[N+](=O)[O-])c2ccccc2)COC1=O. The fourth-order valence-corrected chi connectivity index (χ4v) is 2.67. The highest BCUT2D eigenvalue weighted by Gasteiger charge is 2.30. The predicted molar refractivity (Wildman–Crippen MR) is 101 cm³/mol. The van der Waals surface area contributed by atoms with Crippen molar-refractivity contribution in [1.82, 2.24) is 0 Å². The third-order valence-corrected chi connectivity index (χ3v) is 4.02. The summed E-state index contributed by atoms with van der Waals surface area (Å²) in [6.45, 7) is -0.0836. The molecule has 0 amide bonds. The first-order valence-corrected chi connectivity index (χ1v) is 8.19. The zero-order valence-corrected chi connectivity index (χ0v) is 15.0. The van der Waals surface area contributed by atoms with Crippen molar-refractivity contribution in [1.29, 1.82) is 0 Å². The number of hydrogen-bond donors (Lipinski definition) is 1. The number of nitro groups is 2. The molecule has 1 N–H and O–H groups in total. The third-order valence-electron chi connectivity index (χ3n) is 4.02. The number of ether oxygens (including phenoxy) is 2. The lowest BCUT2D eigenvalue weighted by Crippen LogP contribution is -2.12. The molecule has 0 saturated carbocycles. The van der Waals surface area contributed by atoms with Crippen LogP contribution in [0.1, 0.15) is 5.56 Å². The first kappa shape index (κ1) is 19.5. The molecule has 0 saturated heterocycles. The van der Waals surface area contributed by atoms with Crippen LogP contribution in [0.25, 0.3) is 0 Å². The molecule has 1 aliphatic rings. The van der Waals surface area contributed by atoms with Crippen molar-refractivity contribution in [2.45, 2.75) is 0 Å². The molecular weight excluding hydrogens is 384 g/mol. The maximum atomic E-state index is 11.8. The topological polar surface area (TPSA) is 146 Å². The summed E-state index contributed by atoms with van der Waals surface area (Å²) >= 11 is 0. The number of cyclic esters (lactones) is 1. The highest BCUT2D eigenvalue weighted by molar-refractivity contribution is 6.17. The van der Waals surface area contributed by atoms with Crippen LogP contribution in [0.15, 0.2) is 65.0 Å². The van der Waals surface area contributed by atoms with Crippen LogP contribution in [0.3, 0.4) is 0 Å². The van der Waals surface area contributed by atoms with E-state index in [2.05, 4.69) is 10.5 Å². The molecule has 0 aliphatic carbocycles. The fourth-order valence-electron chi connectivity index (χ4n) is 2.67. The van der Waals surface area contributed by atoms with E-state index in [0.717, 1.165) is 12.1 Å². The normalized spacial score (nSPS) is 13.8. The second kappa shape index (κ2) is 8.17. The zero-order chi connectivity index (χ0) is 21.0. The van der Waals surface area contributed by atoms with Crippen molar-refractivity contribution >= 4 is 28.7 Å². The first-order chi connectivity index (χ1) is 13.9. The van der Waals surface area contributed by atoms with Gasteiger partial charge in [-0.1, -0.05) is 30.3 Å². The van der Waals surface area contributed by atoms with E-state index in [9.17, 15) is 25.0 Å². The summed E-state index contributed by atoms with van der Waals surface area (Å²) in [6, 6.07) is 11.9. The summed E-state index contributed by atoms with van der Waals surface area (Å²) in [4.78, 5) is 32.5. The van der Waals surface area contributed by atoms with Crippen molar-refractivity contribution in [3.05, 3.63) is 85.7 Å². The Labute approximate surface area is 163 Å². The number of esters is 1. The van der Waals surface area contributed by atoms with Gasteiger partial charge < -0.3 is 9.47 Å². The van der Waals surface area contributed by atoms with Gasteiger partial charge in [-0.25, -0.2) is 4.79 Å². The molecule has 1 aliphatic heterocycles. The van der Waals surface area contributed by atoms with Crippen LogP contribution in [0.2, 0.25) is 0 Å². The Morgan fingerprint density at radius 1 is 1.14 bits per heavy atom. The summed E-state index contributed by atoms with van der Waals surface area (Å²) in [6.07, 6.45) is 0. The number of anilines is 1. The van der Waals surface area contributed by atoms with Crippen molar-refractivity contribution in [3.63, 3.8) is 0 Å². The molecule has 11 nitrogen and oxygen atoms in total. The lowest BCUT2D eigenvalue weighted by molar-refractivity contribution is -0.393. The van der Waals surface area contributed by atoms with Gasteiger partial charge in [-0.2, -0.15) is 5.10 Å². The van der Waals surface area contributed by atoms with Gasteiger partial charge in [-0.05, 0) is 6.07 Å². The van der Waals surface area contributed by atoms with Gasteiger partial charge in [0.05, 0.1) is 28.6 Å². The van der Waals surface area contributed by atoms with E-state index in [1.165, 1.54) is 13.2 Å². The number of rotatable bonds is 7. The van der Waals surface area contributed by atoms with Gasteiger partial charge in [0.2, 0.25) is 5.76 Å². The standard InChI is InChI=1S/C18H14N4O7/c1-28-17-13(10-29-18(17)23)16(11-5-3-2-4-6-11)20-19-14-8-7-12(21(24)25)9-15(14)22(26)27/h2-9,19H,10H2,1H3.